The van der Waals surface area contributed by atoms with Crippen LogP contribution in [-0.4, -0.2) is 31.1 Å². The number of nitrogens with one attached hydrogen (secondary N) is 1. The molecule has 0 aliphatic heterocycles. The summed E-state index contributed by atoms with van der Waals surface area (Å²) >= 11 is 9.39. The van der Waals surface area contributed by atoms with Gasteiger partial charge in [-0.15, -0.1) is 0 Å². The van der Waals surface area contributed by atoms with Gasteiger partial charge in [0, 0.05) is 17.1 Å². The van der Waals surface area contributed by atoms with Crippen LogP contribution < -0.4 is 5.32 Å². The van der Waals surface area contributed by atoms with Crippen LogP contribution in [0, 0.1) is 0 Å². The topological polar surface area (TPSA) is 15.3 Å². The van der Waals surface area contributed by atoms with Gasteiger partial charge in [-0.25, -0.2) is 0 Å². The molecular formula is C14H22BrClN2. The molecule has 0 bridgehead atoms. The second-order valence-corrected chi connectivity index (χ2v) is 6.11. The van der Waals surface area contributed by atoms with Gasteiger partial charge in [0.15, 0.2) is 0 Å². The fourth-order valence-electron chi connectivity index (χ4n) is 1.59. The van der Waals surface area contributed by atoms with Crippen molar-refractivity contribution >= 4 is 27.5 Å². The minimum absolute atomic E-state index is 0.622. The van der Waals surface area contributed by atoms with Gasteiger partial charge in [-0.2, -0.15) is 0 Å². The van der Waals surface area contributed by atoms with Gasteiger partial charge >= 0.3 is 0 Å². The molecule has 0 aliphatic rings. The first kappa shape index (κ1) is 16.0. The average molecular weight is 334 g/mol. The summed E-state index contributed by atoms with van der Waals surface area (Å²) in [5, 5.41) is 4.21. The standard InChI is InChI=1S/C14H22BrClN2/c1-11(2)18(3)8-4-7-17-10-12-5-6-14(16)13(15)9-12/h5-6,9,11,17H,4,7-8,10H2,1-3H3. The van der Waals surface area contributed by atoms with Crippen molar-refractivity contribution < 1.29 is 0 Å². The van der Waals surface area contributed by atoms with Crippen LogP contribution >= 0.6 is 27.5 Å². The number of hydrogen-bond donors (Lipinski definition) is 1. The van der Waals surface area contributed by atoms with Crippen molar-refractivity contribution in [3.63, 3.8) is 0 Å². The second kappa shape index (κ2) is 8.16. The molecule has 0 atom stereocenters. The molecule has 0 aliphatic carbocycles. The molecule has 1 rings (SSSR count). The highest BCUT2D eigenvalue weighted by molar-refractivity contribution is 9.10. The van der Waals surface area contributed by atoms with Crippen molar-refractivity contribution in [2.45, 2.75) is 32.9 Å². The molecule has 18 heavy (non-hydrogen) atoms. The minimum Gasteiger partial charge on any atom is -0.313 e. The zero-order valence-electron chi connectivity index (χ0n) is 11.3. The van der Waals surface area contributed by atoms with Crippen molar-refractivity contribution in [1.29, 1.82) is 0 Å². The van der Waals surface area contributed by atoms with Gasteiger partial charge < -0.3 is 10.2 Å². The van der Waals surface area contributed by atoms with Gasteiger partial charge in [-0.1, -0.05) is 17.7 Å². The Labute approximate surface area is 124 Å². The average Bonchev–Trinajstić information content (AvgIpc) is 2.32. The molecule has 0 saturated carbocycles. The van der Waals surface area contributed by atoms with Crippen molar-refractivity contribution in [3.05, 3.63) is 33.3 Å². The van der Waals surface area contributed by atoms with Crippen LogP contribution in [0.2, 0.25) is 5.02 Å². The van der Waals surface area contributed by atoms with E-state index in [4.69, 9.17) is 11.6 Å². The van der Waals surface area contributed by atoms with Crippen molar-refractivity contribution in [2.75, 3.05) is 20.1 Å². The maximum Gasteiger partial charge on any atom is 0.0548 e. The Morgan fingerprint density at radius 2 is 2.11 bits per heavy atom. The molecule has 0 fully saturated rings. The van der Waals surface area contributed by atoms with E-state index in [1.54, 1.807) is 0 Å². The van der Waals surface area contributed by atoms with Crippen LogP contribution in [0.25, 0.3) is 0 Å². The molecule has 0 aromatic heterocycles. The third-order valence-corrected chi connectivity index (χ3v) is 4.27. The largest absolute Gasteiger partial charge is 0.313 e. The highest BCUT2D eigenvalue weighted by atomic mass is 79.9. The number of hydrogen-bond acceptors (Lipinski definition) is 2. The Morgan fingerprint density at radius 1 is 1.39 bits per heavy atom. The third-order valence-electron chi connectivity index (χ3n) is 3.06. The van der Waals surface area contributed by atoms with E-state index in [2.05, 4.69) is 59.2 Å². The lowest BCUT2D eigenvalue weighted by molar-refractivity contribution is 0.269. The molecule has 0 spiro atoms. The minimum atomic E-state index is 0.622. The molecule has 0 unspecified atom stereocenters. The van der Waals surface area contributed by atoms with Crippen molar-refractivity contribution in [2.24, 2.45) is 0 Å². The monoisotopic (exact) mass is 332 g/mol. The van der Waals surface area contributed by atoms with E-state index in [0.29, 0.717) is 6.04 Å². The highest BCUT2D eigenvalue weighted by Crippen LogP contribution is 2.22. The maximum atomic E-state index is 5.96. The van der Waals surface area contributed by atoms with Gasteiger partial charge in [0.1, 0.15) is 0 Å². The third kappa shape index (κ3) is 5.70. The van der Waals surface area contributed by atoms with Crippen LogP contribution in [0.1, 0.15) is 25.8 Å². The molecule has 4 heteroatoms. The fraction of sp³-hybridized carbons (Fsp3) is 0.571. The molecule has 0 amide bonds. The molecule has 0 heterocycles. The van der Waals surface area contributed by atoms with Crippen LogP contribution in [0.4, 0.5) is 0 Å². The summed E-state index contributed by atoms with van der Waals surface area (Å²) in [6.45, 7) is 7.50. The van der Waals surface area contributed by atoms with Gasteiger partial charge in [-0.3, -0.25) is 0 Å². The summed E-state index contributed by atoms with van der Waals surface area (Å²) in [6, 6.07) is 6.67. The Balaban J connectivity index is 2.20. The first-order valence-corrected chi connectivity index (χ1v) is 7.52. The van der Waals surface area contributed by atoms with Gasteiger partial charge in [0.25, 0.3) is 0 Å². The molecule has 1 N–H and O–H groups in total. The molecule has 0 radical (unpaired) electrons. The summed E-state index contributed by atoms with van der Waals surface area (Å²) in [4.78, 5) is 2.36. The van der Waals surface area contributed by atoms with Crippen molar-refractivity contribution in [1.82, 2.24) is 10.2 Å². The first-order chi connectivity index (χ1) is 8.50. The lowest BCUT2D eigenvalue weighted by Gasteiger charge is -2.20. The molecule has 2 nitrogen and oxygen atoms in total. The first-order valence-electron chi connectivity index (χ1n) is 6.35. The highest BCUT2D eigenvalue weighted by Gasteiger charge is 2.02. The van der Waals surface area contributed by atoms with E-state index < -0.39 is 0 Å². The van der Waals surface area contributed by atoms with E-state index in [9.17, 15) is 0 Å². The van der Waals surface area contributed by atoms with E-state index >= 15 is 0 Å². The van der Waals surface area contributed by atoms with Gasteiger partial charge in [0.05, 0.1) is 5.02 Å². The Kier molecular flexibility index (Phi) is 7.23. The molecule has 0 saturated heterocycles. The summed E-state index contributed by atoms with van der Waals surface area (Å²) in [6.07, 6.45) is 1.17. The summed E-state index contributed by atoms with van der Waals surface area (Å²) < 4.78 is 0.961. The predicted molar refractivity (Wildman–Crippen MR) is 83.2 cm³/mol. The predicted octanol–water partition coefficient (Wildman–Crippen LogP) is 3.92. The lowest BCUT2D eigenvalue weighted by atomic mass is 10.2. The van der Waals surface area contributed by atoms with Crippen LogP contribution in [0.15, 0.2) is 22.7 Å². The quantitative estimate of drug-likeness (QED) is 0.761. The molecule has 1 aromatic rings. The summed E-state index contributed by atoms with van der Waals surface area (Å²) in [5.74, 6) is 0. The lowest BCUT2D eigenvalue weighted by Crippen LogP contribution is -2.29. The van der Waals surface area contributed by atoms with E-state index in [-0.39, 0.29) is 0 Å². The molecular weight excluding hydrogens is 312 g/mol. The van der Waals surface area contributed by atoms with Crippen molar-refractivity contribution in [3.8, 4) is 0 Å². The van der Waals surface area contributed by atoms with Crippen LogP contribution in [0.3, 0.4) is 0 Å². The zero-order chi connectivity index (χ0) is 13.5. The van der Waals surface area contributed by atoms with E-state index in [0.717, 1.165) is 29.1 Å². The second-order valence-electron chi connectivity index (χ2n) is 4.85. The van der Waals surface area contributed by atoms with Gasteiger partial charge in [-0.05, 0) is 74.0 Å². The van der Waals surface area contributed by atoms with Gasteiger partial charge in [0.2, 0.25) is 0 Å². The number of halogens is 2. The Bertz CT molecular complexity index is 369. The smallest absolute Gasteiger partial charge is 0.0548 e. The fourth-order valence-corrected chi connectivity index (χ4v) is 2.14. The maximum absolute atomic E-state index is 5.96. The Morgan fingerprint density at radius 3 is 2.72 bits per heavy atom. The Hall–Kier alpha value is -0.0900. The molecule has 1 aromatic carbocycles. The number of benzene rings is 1. The SMILES string of the molecule is CC(C)N(C)CCCNCc1ccc(Cl)c(Br)c1. The molecule has 102 valence electrons. The normalized spacial score (nSPS) is 11.5. The van der Waals surface area contributed by atoms with E-state index in [1.807, 2.05) is 6.07 Å². The van der Waals surface area contributed by atoms with Crippen LogP contribution in [0.5, 0.6) is 0 Å². The zero-order valence-corrected chi connectivity index (χ0v) is 13.7. The van der Waals surface area contributed by atoms with Crippen LogP contribution in [-0.2, 0) is 6.54 Å². The summed E-state index contributed by atoms with van der Waals surface area (Å²) in [7, 11) is 2.17. The summed E-state index contributed by atoms with van der Waals surface area (Å²) in [5.41, 5.74) is 1.25. The van der Waals surface area contributed by atoms with E-state index in [1.165, 1.54) is 12.0 Å². The number of rotatable bonds is 7. The number of nitrogens with zero attached hydrogens (tertiary/aromatic N) is 1.